The summed E-state index contributed by atoms with van der Waals surface area (Å²) in [5.41, 5.74) is 5.09. The van der Waals surface area contributed by atoms with Crippen molar-refractivity contribution < 1.29 is 24.2 Å². The summed E-state index contributed by atoms with van der Waals surface area (Å²) >= 11 is 11.8. The third-order valence-corrected chi connectivity index (χ3v) is 3.50. The number of halogens is 2. The van der Waals surface area contributed by atoms with Gasteiger partial charge in [-0.3, -0.25) is 4.79 Å². The first-order valence-corrected chi connectivity index (χ1v) is 8.03. The lowest BCUT2D eigenvalue weighted by atomic mass is 10.1. The number of carbonyl (C=O) groups is 2. The lowest BCUT2D eigenvalue weighted by molar-refractivity contribution is -0.156. The van der Waals surface area contributed by atoms with Gasteiger partial charge in [-0.15, -0.1) is 0 Å². The van der Waals surface area contributed by atoms with E-state index in [2.05, 4.69) is 0 Å². The van der Waals surface area contributed by atoms with E-state index in [1.807, 2.05) is 0 Å². The van der Waals surface area contributed by atoms with Crippen molar-refractivity contribution in [3.8, 4) is 0 Å². The highest BCUT2D eigenvalue weighted by Gasteiger charge is 2.25. The minimum atomic E-state index is -1.23. The van der Waals surface area contributed by atoms with Crippen LogP contribution in [0, 0.1) is 0 Å². The van der Waals surface area contributed by atoms with Gasteiger partial charge in [0, 0.05) is 6.04 Å². The maximum absolute atomic E-state index is 12.0. The second kappa shape index (κ2) is 8.67. The standard InChI is InChI=1S/C16H21Cl2NO5/c1-16(2,3)24-13(21)7-11(19)12(20)8-23-15(22)14-9(17)5-4-6-10(14)18/h4-6,11-12,20H,7-8,19H2,1-3H3/t11-,12?/m0/s1. The maximum Gasteiger partial charge on any atom is 0.341 e. The number of ether oxygens (including phenoxy) is 2. The number of hydrogen-bond donors (Lipinski definition) is 2. The molecule has 0 aliphatic carbocycles. The molecule has 0 saturated carbocycles. The van der Waals surface area contributed by atoms with Gasteiger partial charge in [0.1, 0.15) is 18.3 Å². The van der Waals surface area contributed by atoms with E-state index in [1.165, 1.54) is 12.1 Å². The fourth-order valence-corrected chi connectivity index (χ4v) is 2.31. The second-order valence-corrected chi connectivity index (χ2v) is 7.03. The van der Waals surface area contributed by atoms with Crippen LogP contribution in [0.25, 0.3) is 0 Å². The Morgan fingerprint density at radius 3 is 2.29 bits per heavy atom. The number of esters is 2. The number of benzene rings is 1. The van der Waals surface area contributed by atoms with E-state index < -0.39 is 36.3 Å². The van der Waals surface area contributed by atoms with Crippen molar-refractivity contribution in [2.45, 2.75) is 44.9 Å². The highest BCUT2D eigenvalue weighted by molar-refractivity contribution is 6.39. The van der Waals surface area contributed by atoms with Crippen LogP contribution in [0.15, 0.2) is 18.2 Å². The zero-order valence-electron chi connectivity index (χ0n) is 13.7. The van der Waals surface area contributed by atoms with Crippen molar-refractivity contribution in [2.75, 3.05) is 6.61 Å². The van der Waals surface area contributed by atoms with Gasteiger partial charge >= 0.3 is 11.9 Å². The molecule has 1 rings (SSSR count). The molecule has 0 radical (unpaired) electrons. The van der Waals surface area contributed by atoms with Crippen LogP contribution in [0.2, 0.25) is 10.0 Å². The number of aliphatic hydroxyl groups excluding tert-OH is 1. The molecule has 1 unspecified atom stereocenters. The molecule has 24 heavy (non-hydrogen) atoms. The molecule has 0 spiro atoms. The quantitative estimate of drug-likeness (QED) is 0.739. The number of carbonyl (C=O) groups excluding carboxylic acids is 2. The van der Waals surface area contributed by atoms with Crippen molar-refractivity contribution in [1.82, 2.24) is 0 Å². The largest absolute Gasteiger partial charge is 0.460 e. The first-order chi connectivity index (χ1) is 11.0. The van der Waals surface area contributed by atoms with E-state index in [-0.39, 0.29) is 22.0 Å². The van der Waals surface area contributed by atoms with Crippen LogP contribution in [0.1, 0.15) is 37.6 Å². The fraction of sp³-hybridized carbons (Fsp3) is 0.500. The zero-order valence-corrected chi connectivity index (χ0v) is 15.2. The molecule has 0 saturated heterocycles. The van der Waals surface area contributed by atoms with E-state index in [0.717, 1.165) is 0 Å². The van der Waals surface area contributed by atoms with E-state index >= 15 is 0 Å². The number of nitrogens with two attached hydrogens (primary N) is 1. The SMILES string of the molecule is CC(C)(C)OC(=O)C[C@H](N)C(O)COC(=O)c1c(Cl)cccc1Cl. The summed E-state index contributed by atoms with van der Waals surface area (Å²) in [7, 11) is 0. The zero-order chi connectivity index (χ0) is 18.5. The van der Waals surface area contributed by atoms with Gasteiger partial charge in [0.05, 0.1) is 22.0 Å². The first kappa shape index (κ1) is 20.7. The van der Waals surface area contributed by atoms with Crippen molar-refractivity contribution in [2.24, 2.45) is 5.73 Å². The van der Waals surface area contributed by atoms with Crippen LogP contribution < -0.4 is 5.73 Å². The third-order valence-electron chi connectivity index (χ3n) is 2.87. The first-order valence-electron chi connectivity index (χ1n) is 7.28. The van der Waals surface area contributed by atoms with Crippen molar-refractivity contribution in [1.29, 1.82) is 0 Å². The average Bonchev–Trinajstić information content (AvgIpc) is 2.42. The topological polar surface area (TPSA) is 98.8 Å². The van der Waals surface area contributed by atoms with Crippen molar-refractivity contribution in [3.63, 3.8) is 0 Å². The Kier molecular flexibility index (Phi) is 7.48. The summed E-state index contributed by atoms with van der Waals surface area (Å²) in [5, 5.41) is 10.2. The van der Waals surface area contributed by atoms with Gasteiger partial charge in [0.25, 0.3) is 0 Å². The van der Waals surface area contributed by atoms with Crippen LogP contribution in [-0.4, -0.2) is 41.4 Å². The molecule has 0 heterocycles. The van der Waals surface area contributed by atoms with Gasteiger partial charge in [-0.25, -0.2) is 4.79 Å². The Balaban J connectivity index is 2.54. The molecule has 0 amide bonds. The van der Waals surface area contributed by atoms with Gasteiger partial charge in [-0.1, -0.05) is 29.3 Å². The van der Waals surface area contributed by atoms with E-state index in [1.54, 1.807) is 26.8 Å². The summed E-state index contributed by atoms with van der Waals surface area (Å²) in [4.78, 5) is 23.7. The molecular formula is C16H21Cl2NO5. The summed E-state index contributed by atoms with van der Waals surface area (Å²) in [6.07, 6.45) is -1.44. The molecular weight excluding hydrogens is 357 g/mol. The summed E-state index contributed by atoms with van der Waals surface area (Å²) in [6, 6.07) is 3.64. The maximum atomic E-state index is 12.0. The molecule has 1 aromatic rings. The average molecular weight is 378 g/mol. The molecule has 2 atom stereocenters. The predicted molar refractivity (Wildman–Crippen MR) is 91.2 cm³/mol. The Hall–Kier alpha value is -1.34. The van der Waals surface area contributed by atoms with Gasteiger partial charge in [-0.05, 0) is 32.9 Å². The van der Waals surface area contributed by atoms with E-state index in [0.29, 0.717) is 0 Å². The lowest BCUT2D eigenvalue weighted by Gasteiger charge is -2.22. The summed E-state index contributed by atoms with van der Waals surface area (Å²) in [5.74, 6) is -1.33. The molecule has 6 nitrogen and oxygen atoms in total. The molecule has 0 bridgehead atoms. The Morgan fingerprint density at radius 1 is 1.25 bits per heavy atom. The third kappa shape index (κ3) is 6.65. The van der Waals surface area contributed by atoms with E-state index in [9.17, 15) is 14.7 Å². The molecule has 1 aromatic carbocycles. The molecule has 0 aromatic heterocycles. The minimum absolute atomic E-state index is 0.00810. The minimum Gasteiger partial charge on any atom is -0.460 e. The Morgan fingerprint density at radius 2 is 1.79 bits per heavy atom. The highest BCUT2D eigenvalue weighted by Crippen LogP contribution is 2.25. The fourth-order valence-electron chi connectivity index (χ4n) is 1.76. The van der Waals surface area contributed by atoms with Gasteiger partial charge in [0.2, 0.25) is 0 Å². The van der Waals surface area contributed by atoms with Crippen LogP contribution in [-0.2, 0) is 14.3 Å². The molecule has 0 fully saturated rings. The number of rotatable bonds is 6. The molecule has 0 aliphatic heterocycles. The van der Waals surface area contributed by atoms with E-state index in [4.69, 9.17) is 38.4 Å². The van der Waals surface area contributed by atoms with Crippen LogP contribution in [0.3, 0.4) is 0 Å². The van der Waals surface area contributed by atoms with Gasteiger partial charge < -0.3 is 20.3 Å². The smallest absolute Gasteiger partial charge is 0.341 e. The van der Waals surface area contributed by atoms with Crippen molar-refractivity contribution >= 4 is 35.1 Å². The molecule has 134 valence electrons. The molecule has 8 heteroatoms. The summed E-state index contributed by atoms with van der Waals surface area (Å²) < 4.78 is 10.1. The van der Waals surface area contributed by atoms with Crippen molar-refractivity contribution in [3.05, 3.63) is 33.8 Å². The molecule has 3 N–H and O–H groups in total. The lowest BCUT2D eigenvalue weighted by Crippen LogP contribution is -2.41. The Bertz CT molecular complexity index is 580. The van der Waals surface area contributed by atoms with Crippen LogP contribution in [0.5, 0.6) is 0 Å². The second-order valence-electron chi connectivity index (χ2n) is 6.22. The normalized spacial score (nSPS) is 14.0. The number of hydrogen-bond acceptors (Lipinski definition) is 6. The number of aliphatic hydroxyl groups is 1. The highest BCUT2D eigenvalue weighted by atomic mass is 35.5. The Labute approximate surface area is 150 Å². The van der Waals surface area contributed by atoms with Crippen LogP contribution >= 0.6 is 23.2 Å². The van der Waals surface area contributed by atoms with Gasteiger partial charge in [-0.2, -0.15) is 0 Å². The van der Waals surface area contributed by atoms with Crippen LogP contribution in [0.4, 0.5) is 0 Å². The molecule has 0 aliphatic rings. The predicted octanol–water partition coefficient (Wildman–Crippen LogP) is 2.57. The van der Waals surface area contributed by atoms with Gasteiger partial charge in [0.15, 0.2) is 0 Å². The monoisotopic (exact) mass is 377 g/mol. The summed E-state index contributed by atoms with van der Waals surface area (Å²) in [6.45, 7) is 4.77.